The highest BCUT2D eigenvalue weighted by molar-refractivity contribution is 4.86. The molecule has 2 aliphatic rings. The van der Waals surface area contributed by atoms with Crippen LogP contribution in [-0.2, 0) is 0 Å². The van der Waals surface area contributed by atoms with Gasteiger partial charge in [-0.1, -0.05) is 26.7 Å². The third-order valence-corrected chi connectivity index (χ3v) is 4.65. The maximum Gasteiger partial charge on any atom is 0.0716 e. The number of rotatable bonds is 3. The standard InChI is InChI=1S/C13H26N2O/c1-9-4-3-5-12(10(9)2)15-7-11-6-14-8-13(11)16/h9-16H,3-8H2,1-2H3. The predicted octanol–water partition coefficient (Wildman–Crippen LogP) is 0.981. The molecule has 1 heterocycles. The molecule has 2 rings (SSSR count). The second kappa shape index (κ2) is 5.48. The van der Waals surface area contributed by atoms with Gasteiger partial charge in [0.2, 0.25) is 0 Å². The molecule has 2 fully saturated rings. The van der Waals surface area contributed by atoms with Crippen LogP contribution in [0.4, 0.5) is 0 Å². The zero-order valence-corrected chi connectivity index (χ0v) is 10.6. The van der Waals surface area contributed by atoms with Gasteiger partial charge in [-0.15, -0.1) is 0 Å². The molecule has 5 unspecified atom stereocenters. The van der Waals surface area contributed by atoms with E-state index in [0.29, 0.717) is 12.0 Å². The zero-order chi connectivity index (χ0) is 11.5. The second-order valence-corrected chi connectivity index (χ2v) is 5.77. The van der Waals surface area contributed by atoms with Gasteiger partial charge < -0.3 is 15.7 Å². The van der Waals surface area contributed by atoms with E-state index in [1.165, 1.54) is 19.3 Å². The van der Waals surface area contributed by atoms with Crippen molar-refractivity contribution >= 4 is 0 Å². The first-order valence-electron chi connectivity index (χ1n) is 6.80. The molecule has 3 N–H and O–H groups in total. The fourth-order valence-electron chi connectivity index (χ4n) is 3.10. The number of aliphatic hydroxyl groups is 1. The molecule has 0 radical (unpaired) electrons. The first kappa shape index (κ1) is 12.3. The van der Waals surface area contributed by atoms with Crippen molar-refractivity contribution in [2.24, 2.45) is 17.8 Å². The van der Waals surface area contributed by atoms with Crippen molar-refractivity contribution in [3.8, 4) is 0 Å². The minimum absolute atomic E-state index is 0.149. The van der Waals surface area contributed by atoms with Gasteiger partial charge in [-0.2, -0.15) is 0 Å². The quantitative estimate of drug-likeness (QED) is 0.672. The lowest BCUT2D eigenvalue weighted by molar-refractivity contribution is 0.134. The second-order valence-electron chi connectivity index (χ2n) is 5.77. The molecule has 94 valence electrons. The summed E-state index contributed by atoms with van der Waals surface area (Å²) in [5.41, 5.74) is 0. The molecule has 0 bridgehead atoms. The van der Waals surface area contributed by atoms with Crippen LogP contribution < -0.4 is 10.6 Å². The monoisotopic (exact) mass is 226 g/mol. The summed E-state index contributed by atoms with van der Waals surface area (Å²) < 4.78 is 0. The van der Waals surface area contributed by atoms with Gasteiger partial charge in [0.05, 0.1) is 6.10 Å². The van der Waals surface area contributed by atoms with Crippen LogP contribution in [0.25, 0.3) is 0 Å². The topological polar surface area (TPSA) is 44.3 Å². The Labute approximate surface area is 99.0 Å². The van der Waals surface area contributed by atoms with Gasteiger partial charge in [0.25, 0.3) is 0 Å². The Hall–Kier alpha value is -0.120. The Kier molecular flexibility index (Phi) is 4.22. The summed E-state index contributed by atoms with van der Waals surface area (Å²) in [6.45, 7) is 7.43. The summed E-state index contributed by atoms with van der Waals surface area (Å²) in [6.07, 6.45) is 3.90. The molecule has 0 amide bonds. The van der Waals surface area contributed by atoms with E-state index in [1.807, 2.05) is 0 Å². The highest BCUT2D eigenvalue weighted by atomic mass is 16.3. The van der Waals surface area contributed by atoms with Crippen LogP contribution in [0.2, 0.25) is 0 Å². The summed E-state index contributed by atoms with van der Waals surface area (Å²) in [6, 6.07) is 0.663. The third-order valence-electron chi connectivity index (χ3n) is 4.65. The normalized spacial score (nSPS) is 44.8. The van der Waals surface area contributed by atoms with Crippen molar-refractivity contribution in [1.82, 2.24) is 10.6 Å². The zero-order valence-electron chi connectivity index (χ0n) is 10.6. The van der Waals surface area contributed by atoms with Crippen molar-refractivity contribution in [2.75, 3.05) is 19.6 Å². The molecule has 1 saturated heterocycles. The first-order chi connectivity index (χ1) is 7.68. The maximum atomic E-state index is 9.73. The highest BCUT2D eigenvalue weighted by Gasteiger charge is 2.29. The summed E-state index contributed by atoms with van der Waals surface area (Å²) in [5.74, 6) is 2.03. The summed E-state index contributed by atoms with van der Waals surface area (Å²) >= 11 is 0. The minimum Gasteiger partial charge on any atom is -0.391 e. The van der Waals surface area contributed by atoms with Crippen LogP contribution >= 0.6 is 0 Å². The molecule has 1 aliphatic heterocycles. The number of hydrogen-bond acceptors (Lipinski definition) is 3. The van der Waals surface area contributed by atoms with Gasteiger partial charge in [0, 0.05) is 31.6 Å². The number of β-amino-alcohol motifs (C(OH)–C–C–N with tert-alkyl or cyclic N) is 1. The highest BCUT2D eigenvalue weighted by Crippen LogP contribution is 2.29. The number of hydrogen-bond donors (Lipinski definition) is 3. The Morgan fingerprint density at radius 3 is 2.75 bits per heavy atom. The van der Waals surface area contributed by atoms with Crippen molar-refractivity contribution < 1.29 is 5.11 Å². The third kappa shape index (κ3) is 2.76. The molecule has 0 aromatic heterocycles. The predicted molar refractivity (Wildman–Crippen MR) is 66.3 cm³/mol. The molecule has 0 aromatic rings. The van der Waals surface area contributed by atoms with Gasteiger partial charge in [-0.05, 0) is 18.3 Å². The summed E-state index contributed by atoms with van der Waals surface area (Å²) in [7, 11) is 0. The van der Waals surface area contributed by atoms with Crippen molar-refractivity contribution in [3.05, 3.63) is 0 Å². The average molecular weight is 226 g/mol. The summed E-state index contributed by atoms with van der Waals surface area (Å²) in [5, 5.41) is 16.6. The van der Waals surface area contributed by atoms with E-state index >= 15 is 0 Å². The number of aliphatic hydroxyl groups excluding tert-OH is 1. The van der Waals surface area contributed by atoms with Crippen molar-refractivity contribution in [1.29, 1.82) is 0 Å². The lowest BCUT2D eigenvalue weighted by Gasteiger charge is -2.35. The lowest BCUT2D eigenvalue weighted by Crippen LogP contribution is -2.44. The Balaban J connectivity index is 1.76. The van der Waals surface area contributed by atoms with E-state index in [-0.39, 0.29) is 6.10 Å². The van der Waals surface area contributed by atoms with E-state index in [1.54, 1.807) is 0 Å². The first-order valence-corrected chi connectivity index (χ1v) is 6.80. The number of nitrogens with one attached hydrogen (secondary N) is 2. The van der Waals surface area contributed by atoms with Gasteiger partial charge in [0.15, 0.2) is 0 Å². The Bertz CT molecular complexity index is 222. The molecular formula is C13H26N2O. The van der Waals surface area contributed by atoms with E-state index in [2.05, 4.69) is 24.5 Å². The van der Waals surface area contributed by atoms with E-state index in [0.717, 1.165) is 31.5 Å². The fraction of sp³-hybridized carbons (Fsp3) is 1.00. The maximum absolute atomic E-state index is 9.73. The van der Waals surface area contributed by atoms with Gasteiger partial charge in [0.1, 0.15) is 0 Å². The molecule has 1 aliphatic carbocycles. The fourth-order valence-corrected chi connectivity index (χ4v) is 3.10. The van der Waals surface area contributed by atoms with Crippen molar-refractivity contribution in [3.63, 3.8) is 0 Å². The van der Waals surface area contributed by atoms with E-state index in [4.69, 9.17) is 0 Å². The van der Waals surface area contributed by atoms with Crippen LogP contribution in [0.15, 0.2) is 0 Å². The average Bonchev–Trinajstić information content (AvgIpc) is 2.67. The molecular weight excluding hydrogens is 200 g/mol. The van der Waals surface area contributed by atoms with Crippen LogP contribution in [-0.4, -0.2) is 36.9 Å². The summed E-state index contributed by atoms with van der Waals surface area (Å²) in [4.78, 5) is 0. The SMILES string of the molecule is CC1CCCC(NCC2CNCC2O)C1C. The lowest BCUT2D eigenvalue weighted by atomic mass is 9.78. The minimum atomic E-state index is -0.149. The molecule has 0 spiro atoms. The Morgan fingerprint density at radius 1 is 1.25 bits per heavy atom. The smallest absolute Gasteiger partial charge is 0.0716 e. The van der Waals surface area contributed by atoms with E-state index in [9.17, 15) is 5.11 Å². The van der Waals surface area contributed by atoms with Crippen LogP contribution in [0.5, 0.6) is 0 Å². The van der Waals surface area contributed by atoms with Crippen LogP contribution in [0.3, 0.4) is 0 Å². The molecule has 1 saturated carbocycles. The van der Waals surface area contributed by atoms with Gasteiger partial charge in [-0.25, -0.2) is 0 Å². The molecule has 0 aromatic carbocycles. The van der Waals surface area contributed by atoms with Crippen molar-refractivity contribution in [2.45, 2.75) is 45.3 Å². The van der Waals surface area contributed by atoms with Crippen LogP contribution in [0, 0.1) is 17.8 Å². The largest absolute Gasteiger partial charge is 0.391 e. The molecule has 3 heteroatoms. The molecule has 3 nitrogen and oxygen atoms in total. The van der Waals surface area contributed by atoms with Crippen LogP contribution in [0.1, 0.15) is 33.1 Å². The molecule has 5 atom stereocenters. The Morgan fingerprint density at radius 2 is 2.06 bits per heavy atom. The van der Waals surface area contributed by atoms with Gasteiger partial charge in [-0.3, -0.25) is 0 Å². The van der Waals surface area contributed by atoms with E-state index < -0.39 is 0 Å². The van der Waals surface area contributed by atoms with Gasteiger partial charge >= 0.3 is 0 Å². The molecule has 16 heavy (non-hydrogen) atoms.